The molecule has 0 saturated heterocycles. The van der Waals surface area contributed by atoms with E-state index in [1.165, 1.54) is 21.6 Å². The summed E-state index contributed by atoms with van der Waals surface area (Å²) in [6.07, 6.45) is 1.42. The zero-order chi connectivity index (χ0) is 24.0. The molecule has 1 aromatic carbocycles. The molecule has 0 radical (unpaired) electrons. The Bertz CT molecular complexity index is 1640. The number of nitrogens with one attached hydrogen (secondary N) is 2. The summed E-state index contributed by atoms with van der Waals surface area (Å²) in [5, 5.41) is 22.3. The van der Waals surface area contributed by atoms with Gasteiger partial charge >= 0.3 is 5.88 Å². The Labute approximate surface area is 189 Å². The standard InChI is InChI=1S/C21H16N8O5/c1-11-4-3-5-13(8-11)27-18-14(10-22-27)19(30)25-21(24-18)28-16(9-12(2)26-28)23-20(31)15-6-7-17(34-15)29(32)33/h3-10H,1-2H3,(H,23,31)(H,24,25,30). The van der Waals surface area contributed by atoms with Crippen LogP contribution in [-0.4, -0.2) is 40.4 Å². The van der Waals surface area contributed by atoms with Crippen LogP contribution in [0.4, 0.5) is 11.7 Å². The van der Waals surface area contributed by atoms with Gasteiger partial charge in [0, 0.05) is 6.07 Å². The SMILES string of the molecule is Cc1cccc(-n2ncc3c(=O)[nH]c(-n4nc(C)cc4NC(=O)c4ccc([N+](=O)[O-])o4)nc32)c1. The third-order valence-corrected chi connectivity index (χ3v) is 4.94. The second kappa shape index (κ2) is 7.81. The van der Waals surface area contributed by atoms with Gasteiger partial charge in [-0.05, 0) is 37.6 Å². The first-order valence-corrected chi connectivity index (χ1v) is 9.98. The summed E-state index contributed by atoms with van der Waals surface area (Å²) in [5.74, 6) is -1.34. The fourth-order valence-corrected chi connectivity index (χ4v) is 3.43. The molecule has 13 nitrogen and oxygen atoms in total. The number of rotatable bonds is 5. The first-order valence-electron chi connectivity index (χ1n) is 9.98. The van der Waals surface area contributed by atoms with Gasteiger partial charge in [0.15, 0.2) is 11.4 Å². The number of aromatic nitrogens is 6. The Morgan fingerprint density at radius 3 is 2.74 bits per heavy atom. The van der Waals surface area contributed by atoms with Crippen LogP contribution in [0.5, 0.6) is 0 Å². The number of fused-ring (bicyclic) bond motifs is 1. The van der Waals surface area contributed by atoms with Gasteiger partial charge in [-0.1, -0.05) is 12.1 Å². The third-order valence-electron chi connectivity index (χ3n) is 4.94. The minimum absolute atomic E-state index is 0.0423. The van der Waals surface area contributed by atoms with E-state index in [1.807, 2.05) is 31.2 Å². The zero-order valence-electron chi connectivity index (χ0n) is 17.8. The Hall–Kier alpha value is -5.07. The van der Waals surface area contributed by atoms with Crippen molar-refractivity contribution in [1.82, 2.24) is 29.5 Å². The fraction of sp³-hybridized carbons (Fsp3) is 0.0952. The number of nitro groups is 1. The number of hydrogen-bond donors (Lipinski definition) is 2. The van der Waals surface area contributed by atoms with Crippen LogP contribution in [-0.2, 0) is 0 Å². The Kier molecular flexibility index (Phi) is 4.78. The average molecular weight is 460 g/mol. The lowest BCUT2D eigenvalue weighted by molar-refractivity contribution is -0.402. The van der Waals surface area contributed by atoms with Crippen LogP contribution >= 0.6 is 0 Å². The van der Waals surface area contributed by atoms with E-state index in [1.54, 1.807) is 13.0 Å². The molecule has 0 spiro atoms. The van der Waals surface area contributed by atoms with Gasteiger partial charge in [0.05, 0.1) is 23.6 Å². The molecule has 2 N–H and O–H groups in total. The number of H-pyrrole nitrogens is 1. The van der Waals surface area contributed by atoms with Gasteiger partial charge in [0.25, 0.3) is 11.5 Å². The van der Waals surface area contributed by atoms with Gasteiger partial charge in [0.2, 0.25) is 5.95 Å². The summed E-state index contributed by atoms with van der Waals surface area (Å²) in [5.41, 5.74) is 2.12. The number of carbonyl (C=O) groups is 1. The van der Waals surface area contributed by atoms with Gasteiger partial charge < -0.3 is 9.73 Å². The van der Waals surface area contributed by atoms with E-state index in [9.17, 15) is 19.7 Å². The van der Waals surface area contributed by atoms with Crippen molar-refractivity contribution >= 4 is 28.6 Å². The lowest BCUT2D eigenvalue weighted by atomic mass is 10.2. The molecule has 0 aliphatic carbocycles. The summed E-state index contributed by atoms with van der Waals surface area (Å²) < 4.78 is 7.73. The number of benzene rings is 1. The Morgan fingerprint density at radius 1 is 1.18 bits per heavy atom. The maximum atomic E-state index is 12.8. The minimum Gasteiger partial charge on any atom is -0.395 e. The molecule has 0 aliphatic rings. The lowest BCUT2D eigenvalue weighted by Crippen LogP contribution is -2.19. The molecule has 0 aliphatic heterocycles. The molecule has 4 aromatic heterocycles. The van der Waals surface area contributed by atoms with Crippen molar-refractivity contribution in [3.05, 3.63) is 86.1 Å². The van der Waals surface area contributed by atoms with Gasteiger partial charge in [-0.15, -0.1) is 0 Å². The van der Waals surface area contributed by atoms with E-state index < -0.39 is 22.3 Å². The molecule has 0 bridgehead atoms. The zero-order valence-corrected chi connectivity index (χ0v) is 17.8. The van der Waals surface area contributed by atoms with Crippen molar-refractivity contribution in [2.75, 3.05) is 5.32 Å². The monoisotopic (exact) mass is 460 g/mol. The van der Waals surface area contributed by atoms with E-state index >= 15 is 0 Å². The Balaban J connectivity index is 1.56. The number of anilines is 1. The van der Waals surface area contributed by atoms with Crippen molar-refractivity contribution in [3.8, 4) is 11.6 Å². The van der Waals surface area contributed by atoms with Crippen LogP contribution in [0.3, 0.4) is 0 Å². The molecule has 4 heterocycles. The largest absolute Gasteiger partial charge is 0.433 e. The number of hydrogen-bond acceptors (Lipinski definition) is 8. The smallest absolute Gasteiger partial charge is 0.395 e. The summed E-state index contributed by atoms with van der Waals surface area (Å²) in [7, 11) is 0. The predicted molar refractivity (Wildman–Crippen MR) is 119 cm³/mol. The third kappa shape index (κ3) is 3.60. The highest BCUT2D eigenvalue weighted by atomic mass is 16.6. The summed E-state index contributed by atoms with van der Waals surface area (Å²) in [6, 6.07) is 11.4. The number of nitrogens with zero attached hydrogens (tertiary/aromatic N) is 6. The molecular formula is C21H16N8O5. The molecule has 13 heteroatoms. The summed E-state index contributed by atoms with van der Waals surface area (Å²) in [6.45, 7) is 3.63. The number of amides is 1. The van der Waals surface area contributed by atoms with Crippen molar-refractivity contribution in [2.45, 2.75) is 13.8 Å². The first kappa shape index (κ1) is 20.8. The van der Waals surface area contributed by atoms with Crippen molar-refractivity contribution < 1.29 is 14.1 Å². The van der Waals surface area contributed by atoms with Gasteiger partial charge in [-0.25, -0.2) is 4.68 Å². The van der Waals surface area contributed by atoms with Crippen LogP contribution in [0.2, 0.25) is 0 Å². The van der Waals surface area contributed by atoms with E-state index in [0.29, 0.717) is 11.3 Å². The molecular weight excluding hydrogens is 444 g/mol. The highest BCUT2D eigenvalue weighted by Crippen LogP contribution is 2.21. The molecule has 0 atom stereocenters. The summed E-state index contributed by atoms with van der Waals surface area (Å²) >= 11 is 0. The van der Waals surface area contributed by atoms with Crippen LogP contribution in [0.1, 0.15) is 21.8 Å². The minimum atomic E-state index is -0.744. The molecule has 0 saturated carbocycles. The van der Waals surface area contributed by atoms with Crippen molar-refractivity contribution in [3.63, 3.8) is 0 Å². The van der Waals surface area contributed by atoms with Crippen LogP contribution in [0, 0.1) is 24.0 Å². The highest BCUT2D eigenvalue weighted by Gasteiger charge is 2.21. The van der Waals surface area contributed by atoms with Gasteiger partial charge in [0.1, 0.15) is 16.1 Å². The number of carbonyl (C=O) groups excluding carboxylic acids is 1. The predicted octanol–water partition coefficient (Wildman–Crippen LogP) is 2.66. The van der Waals surface area contributed by atoms with Crippen LogP contribution < -0.4 is 10.9 Å². The second-order valence-electron chi connectivity index (χ2n) is 7.45. The quantitative estimate of drug-likeness (QED) is 0.298. The topological polar surface area (TPSA) is 167 Å². The molecule has 170 valence electrons. The van der Waals surface area contributed by atoms with Crippen LogP contribution in [0.25, 0.3) is 22.7 Å². The molecule has 5 rings (SSSR count). The molecule has 1 amide bonds. The maximum absolute atomic E-state index is 12.8. The van der Waals surface area contributed by atoms with Gasteiger partial charge in [-0.3, -0.25) is 24.7 Å². The molecule has 0 unspecified atom stereocenters. The second-order valence-corrected chi connectivity index (χ2v) is 7.45. The molecule has 34 heavy (non-hydrogen) atoms. The number of aryl methyl sites for hydroxylation is 2. The average Bonchev–Trinajstić information content (AvgIpc) is 3.52. The maximum Gasteiger partial charge on any atom is 0.433 e. The van der Waals surface area contributed by atoms with Gasteiger partial charge in [-0.2, -0.15) is 19.9 Å². The first-order chi connectivity index (χ1) is 16.3. The highest BCUT2D eigenvalue weighted by molar-refractivity contribution is 6.02. The molecule has 5 aromatic rings. The van der Waals surface area contributed by atoms with Crippen molar-refractivity contribution in [1.29, 1.82) is 0 Å². The summed E-state index contributed by atoms with van der Waals surface area (Å²) in [4.78, 5) is 42.6. The van der Waals surface area contributed by atoms with Crippen LogP contribution in [0.15, 0.2) is 57.9 Å². The Morgan fingerprint density at radius 2 is 2.00 bits per heavy atom. The van der Waals surface area contributed by atoms with Crippen molar-refractivity contribution in [2.24, 2.45) is 0 Å². The van der Waals surface area contributed by atoms with E-state index in [0.717, 1.165) is 17.3 Å². The fourth-order valence-electron chi connectivity index (χ4n) is 3.43. The number of furan rings is 1. The van der Waals surface area contributed by atoms with E-state index in [4.69, 9.17) is 4.42 Å². The van der Waals surface area contributed by atoms with E-state index in [-0.39, 0.29) is 22.9 Å². The number of aromatic amines is 1. The molecule has 0 fully saturated rings. The lowest BCUT2D eigenvalue weighted by Gasteiger charge is -2.08. The normalized spacial score (nSPS) is 11.1. The van der Waals surface area contributed by atoms with E-state index in [2.05, 4.69) is 25.5 Å².